The minimum atomic E-state index is -0.273. The van der Waals surface area contributed by atoms with E-state index in [1.807, 2.05) is 24.3 Å². The van der Waals surface area contributed by atoms with Crippen LogP contribution in [-0.2, 0) is 6.61 Å². The van der Waals surface area contributed by atoms with Crippen molar-refractivity contribution in [1.82, 2.24) is 15.2 Å². The molecule has 0 unspecified atom stereocenters. The standard InChI is InChI=1S/C16H13FN4O/c17-15-7-2-1-5-13(15)10-22-14-6-3-4-12(8-14)9-18-16-19-11-20-21-16/h1-9,11H,10H2,(H,19,20,21). The van der Waals surface area contributed by atoms with Gasteiger partial charge in [-0.2, -0.15) is 10.1 Å². The van der Waals surface area contributed by atoms with E-state index < -0.39 is 0 Å². The molecule has 3 rings (SSSR count). The lowest BCUT2D eigenvalue weighted by molar-refractivity contribution is 0.300. The van der Waals surface area contributed by atoms with Gasteiger partial charge in [0.15, 0.2) is 0 Å². The van der Waals surface area contributed by atoms with Crippen molar-refractivity contribution in [3.8, 4) is 5.75 Å². The summed E-state index contributed by atoms with van der Waals surface area (Å²) in [6.45, 7) is 0.176. The SMILES string of the molecule is Fc1ccccc1COc1cccc(C=Nc2ncn[nH]2)c1. The Kier molecular flexibility index (Phi) is 4.20. The second-order valence-electron chi connectivity index (χ2n) is 4.52. The summed E-state index contributed by atoms with van der Waals surface area (Å²) in [5.74, 6) is 0.799. The maximum absolute atomic E-state index is 13.5. The Morgan fingerprint density at radius 2 is 2.09 bits per heavy atom. The number of rotatable bonds is 5. The molecule has 0 atom stereocenters. The third-order valence-electron chi connectivity index (χ3n) is 2.95. The molecular formula is C16H13FN4O. The van der Waals surface area contributed by atoms with Gasteiger partial charge in [-0.3, -0.25) is 0 Å². The quantitative estimate of drug-likeness (QED) is 0.735. The largest absolute Gasteiger partial charge is 0.489 e. The number of hydrogen-bond acceptors (Lipinski definition) is 4. The van der Waals surface area contributed by atoms with Crippen molar-refractivity contribution in [3.05, 3.63) is 71.8 Å². The molecule has 0 bridgehead atoms. The molecule has 1 N–H and O–H groups in total. The van der Waals surface area contributed by atoms with Gasteiger partial charge < -0.3 is 4.74 Å². The lowest BCUT2D eigenvalue weighted by atomic mass is 10.2. The third-order valence-corrected chi connectivity index (χ3v) is 2.95. The van der Waals surface area contributed by atoms with Crippen LogP contribution in [0.15, 0.2) is 59.9 Å². The Morgan fingerprint density at radius 3 is 2.91 bits per heavy atom. The first-order valence-corrected chi connectivity index (χ1v) is 6.67. The Morgan fingerprint density at radius 1 is 1.18 bits per heavy atom. The highest BCUT2D eigenvalue weighted by Crippen LogP contribution is 2.16. The number of halogens is 1. The Labute approximate surface area is 126 Å². The summed E-state index contributed by atoms with van der Waals surface area (Å²) in [5, 5.41) is 6.36. The number of ether oxygens (including phenoxy) is 1. The molecule has 2 aromatic carbocycles. The first-order valence-electron chi connectivity index (χ1n) is 6.67. The van der Waals surface area contributed by atoms with E-state index >= 15 is 0 Å². The molecule has 1 aromatic heterocycles. The van der Waals surface area contributed by atoms with Crippen LogP contribution < -0.4 is 4.74 Å². The Bertz CT molecular complexity index is 771. The Balaban J connectivity index is 1.68. The number of hydrogen-bond donors (Lipinski definition) is 1. The highest BCUT2D eigenvalue weighted by atomic mass is 19.1. The van der Waals surface area contributed by atoms with E-state index in [1.54, 1.807) is 24.4 Å². The molecule has 1 heterocycles. The van der Waals surface area contributed by atoms with Crippen LogP contribution in [0.1, 0.15) is 11.1 Å². The molecular weight excluding hydrogens is 283 g/mol. The number of nitrogens with zero attached hydrogens (tertiary/aromatic N) is 3. The third kappa shape index (κ3) is 3.54. The van der Waals surface area contributed by atoms with E-state index in [2.05, 4.69) is 20.2 Å². The van der Waals surface area contributed by atoms with Crippen molar-refractivity contribution in [2.24, 2.45) is 4.99 Å². The predicted octanol–water partition coefficient (Wildman–Crippen LogP) is 3.27. The van der Waals surface area contributed by atoms with Crippen LogP contribution in [0.5, 0.6) is 5.75 Å². The van der Waals surface area contributed by atoms with Crippen LogP contribution in [0, 0.1) is 5.82 Å². The number of aliphatic imine (C=N–C) groups is 1. The number of H-pyrrole nitrogens is 1. The van der Waals surface area contributed by atoms with Gasteiger partial charge in [0.05, 0.1) is 0 Å². The summed E-state index contributed by atoms with van der Waals surface area (Å²) in [5.41, 5.74) is 1.37. The van der Waals surface area contributed by atoms with Gasteiger partial charge in [0.2, 0.25) is 5.95 Å². The zero-order valence-corrected chi connectivity index (χ0v) is 11.6. The summed E-state index contributed by atoms with van der Waals surface area (Å²) < 4.78 is 19.1. The maximum Gasteiger partial charge on any atom is 0.245 e. The smallest absolute Gasteiger partial charge is 0.245 e. The number of benzene rings is 2. The van der Waals surface area contributed by atoms with Gasteiger partial charge in [0.1, 0.15) is 24.5 Å². The first kappa shape index (κ1) is 13.9. The molecule has 110 valence electrons. The molecule has 0 saturated carbocycles. The van der Waals surface area contributed by atoms with Crippen LogP contribution in [0.3, 0.4) is 0 Å². The van der Waals surface area contributed by atoms with Crippen LogP contribution in [0.2, 0.25) is 0 Å². The molecule has 5 nitrogen and oxygen atoms in total. The normalized spacial score (nSPS) is 11.0. The van der Waals surface area contributed by atoms with Crippen molar-refractivity contribution < 1.29 is 9.13 Å². The summed E-state index contributed by atoms with van der Waals surface area (Å²) >= 11 is 0. The summed E-state index contributed by atoms with van der Waals surface area (Å²) in [4.78, 5) is 8.04. The first-order chi connectivity index (χ1) is 10.8. The van der Waals surface area contributed by atoms with Gasteiger partial charge in [-0.05, 0) is 23.8 Å². The van der Waals surface area contributed by atoms with Gasteiger partial charge in [-0.1, -0.05) is 30.3 Å². The molecule has 3 aromatic rings. The van der Waals surface area contributed by atoms with E-state index in [0.29, 0.717) is 17.3 Å². The van der Waals surface area contributed by atoms with Gasteiger partial charge in [-0.25, -0.2) is 14.5 Å². The van der Waals surface area contributed by atoms with E-state index in [1.165, 1.54) is 12.4 Å². The van der Waals surface area contributed by atoms with Crippen molar-refractivity contribution in [2.45, 2.75) is 6.61 Å². The minimum Gasteiger partial charge on any atom is -0.489 e. The van der Waals surface area contributed by atoms with Gasteiger partial charge in [0.25, 0.3) is 0 Å². The average molecular weight is 296 g/mol. The van der Waals surface area contributed by atoms with Crippen molar-refractivity contribution in [1.29, 1.82) is 0 Å². The fraction of sp³-hybridized carbons (Fsp3) is 0.0625. The lowest BCUT2D eigenvalue weighted by Crippen LogP contribution is -1.98. The second-order valence-corrected chi connectivity index (χ2v) is 4.52. The fourth-order valence-electron chi connectivity index (χ4n) is 1.86. The monoisotopic (exact) mass is 296 g/mol. The van der Waals surface area contributed by atoms with Crippen LogP contribution >= 0.6 is 0 Å². The van der Waals surface area contributed by atoms with Crippen LogP contribution in [0.4, 0.5) is 10.3 Å². The van der Waals surface area contributed by atoms with Crippen molar-refractivity contribution in [3.63, 3.8) is 0 Å². The average Bonchev–Trinajstić information content (AvgIpc) is 3.06. The molecule has 0 aliphatic heterocycles. The molecule has 0 saturated heterocycles. The van der Waals surface area contributed by atoms with Crippen molar-refractivity contribution in [2.75, 3.05) is 0 Å². The Hall–Kier alpha value is -3.02. The van der Waals surface area contributed by atoms with E-state index in [4.69, 9.17) is 4.74 Å². The van der Waals surface area contributed by atoms with Crippen molar-refractivity contribution >= 4 is 12.2 Å². The molecule has 0 aliphatic rings. The molecule has 0 amide bonds. The summed E-state index contributed by atoms with van der Waals surface area (Å²) in [6.07, 6.45) is 3.04. The van der Waals surface area contributed by atoms with E-state index in [-0.39, 0.29) is 12.4 Å². The highest BCUT2D eigenvalue weighted by molar-refractivity contribution is 5.81. The molecule has 0 fully saturated rings. The summed E-state index contributed by atoms with van der Waals surface area (Å²) in [6, 6.07) is 13.9. The van der Waals surface area contributed by atoms with E-state index in [9.17, 15) is 4.39 Å². The maximum atomic E-state index is 13.5. The number of aromatic amines is 1. The number of nitrogens with one attached hydrogen (secondary N) is 1. The van der Waals surface area contributed by atoms with Gasteiger partial charge in [0, 0.05) is 11.8 Å². The predicted molar refractivity (Wildman–Crippen MR) is 80.8 cm³/mol. The topological polar surface area (TPSA) is 63.2 Å². The summed E-state index contributed by atoms with van der Waals surface area (Å²) in [7, 11) is 0. The zero-order chi connectivity index (χ0) is 15.2. The minimum absolute atomic E-state index is 0.176. The number of aromatic nitrogens is 3. The zero-order valence-electron chi connectivity index (χ0n) is 11.6. The van der Waals surface area contributed by atoms with E-state index in [0.717, 1.165) is 5.56 Å². The highest BCUT2D eigenvalue weighted by Gasteiger charge is 2.02. The molecule has 22 heavy (non-hydrogen) atoms. The molecule has 0 spiro atoms. The molecule has 6 heteroatoms. The fourth-order valence-corrected chi connectivity index (χ4v) is 1.86. The second kappa shape index (κ2) is 6.62. The van der Waals surface area contributed by atoms with Gasteiger partial charge in [-0.15, -0.1) is 0 Å². The lowest BCUT2D eigenvalue weighted by Gasteiger charge is -2.07. The van der Waals surface area contributed by atoms with Gasteiger partial charge >= 0.3 is 0 Å². The molecule has 0 radical (unpaired) electrons. The molecule has 0 aliphatic carbocycles. The van der Waals surface area contributed by atoms with Crippen LogP contribution in [-0.4, -0.2) is 21.4 Å². The van der Waals surface area contributed by atoms with Crippen LogP contribution in [0.25, 0.3) is 0 Å².